The zero-order chi connectivity index (χ0) is 12.1. The lowest BCUT2D eigenvalue weighted by atomic mass is 10.3. The molecular formula is C10H11N5OS. The first-order valence-corrected chi connectivity index (χ1v) is 5.85. The molecule has 6 nitrogen and oxygen atoms in total. The van der Waals surface area contributed by atoms with Gasteiger partial charge in [0.05, 0.1) is 0 Å². The molecule has 17 heavy (non-hydrogen) atoms. The van der Waals surface area contributed by atoms with Gasteiger partial charge in [0.2, 0.25) is 11.0 Å². The van der Waals surface area contributed by atoms with Gasteiger partial charge in [-0.05, 0) is 12.1 Å². The maximum atomic E-state index is 11.3. The summed E-state index contributed by atoms with van der Waals surface area (Å²) in [7, 11) is 0. The van der Waals surface area contributed by atoms with Crippen molar-refractivity contribution in [2.45, 2.75) is 6.42 Å². The summed E-state index contributed by atoms with van der Waals surface area (Å²) >= 11 is 1.32. The highest BCUT2D eigenvalue weighted by molar-refractivity contribution is 7.18. The molecule has 0 aliphatic rings. The van der Waals surface area contributed by atoms with Crippen LogP contribution in [0.1, 0.15) is 6.42 Å². The molecule has 2 rings (SSSR count). The van der Waals surface area contributed by atoms with Crippen molar-refractivity contribution in [3.8, 4) is 10.6 Å². The molecule has 0 spiro atoms. The van der Waals surface area contributed by atoms with Crippen LogP contribution in [0.5, 0.6) is 0 Å². The fourth-order valence-electron chi connectivity index (χ4n) is 1.20. The van der Waals surface area contributed by atoms with E-state index in [1.165, 1.54) is 11.3 Å². The third-order valence-corrected chi connectivity index (χ3v) is 2.86. The quantitative estimate of drug-likeness (QED) is 0.839. The lowest BCUT2D eigenvalue weighted by Crippen LogP contribution is -2.15. The van der Waals surface area contributed by atoms with Crippen LogP contribution in [0.25, 0.3) is 10.6 Å². The molecule has 0 aromatic carbocycles. The predicted molar refractivity (Wildman–Crippen MR) is 65.4 cm³/mol. The van der Waals surface area contributed by atoms with Crippen molar-refractivity contribution in [2.24, 2.45) is 5.73 Å². The van der Waals surface area contributed by atoms with Crippen molar-refractivity contribution in [2.75, 3.05) is 11.9 Å². The number of carbonyl (C=O) groups excluding carboxylic acids is 1. The first-order valence-electron chi connectivity index (χ1n) is 5.03. The topological polar surface area (TPSA) is 93.8 Å². The van der Waals surface area contributed by atoms with E-state index >= 15 is 0 Å². The predicted octanol–water partition coefficient (Wildman–Crippen LogP) is 0.887. The molecule has 2 aromatic rings. The Morgan fingerprint density at radius 3 is 2.82 bits per heavy atom. The van der Waals surface area contributed by atoms with E-state index in [1.807, 2.05) is 12.1 Å². The van der Waals surface area contributed by atoms with Crippen LogP contribution in [0.15, 0.2) is 24.5 Å². The fraction of sp³-hybridized carbons (Fsp3) is 0.200. The number of hydrogen-bond acceptors (Lipinski definition) is 6. The summed E-state index contributed by atoms with van der Waals surface area (Å²) in [5, 5.41) is 11.8. The second kappa shape index (κ2) is 5.46. The number of carbonyl (C=O) groups is 1. The molecule has 0 radical (unpaired) electrons. The Kier molecular flexibility index (Phi) is 3.73. The highest BCUT2D eigenvalue weighted by Gasteiger charge is 2.08. The number of nitrogens with two attached hydrogens (primary N) is 1. The highest BCUT2D eigenvalue weighted by atomic mass is 32.1. The summed E-state index contributed by atoms with van der Waals surface area (Å²) < 4.78 is 0. The van der Waals surface area contributed by atoms with E-state index in [-0.39, 0.29) is 12.3 Å². The Labute approximate surface area is 102 Å². The van der Waals surface area contributed by atoms with E-state index in [9.17, 15) is 4.79 Å². The van der Waals surface area contributed by atoms with Crippen molar-refractivity contribution in [3.63, 3.8) is 0 Å². The smallest absolute Gasteiger partial charge is 0.227 e. The number of nitrogens with zero attached hydrogens (tertiary/aromatic N) is 3. The number of nitrogens with one attached hydrogen (secondary N) is 1. The Morgan fingerprint density at radius 1 is 1.35 bits per heavy atom. The molecule has 0 fully saturated rings. The standard InChI is InChI=1S/C10H11N5OS/c11-4-1-8(16)13-10-15-14-9(17-10)7-2-5-12-6-3-7/h2-3,5-6H,1,4,11H2,(H,13,15,16). The minimum Gasteiger partial charge on any atom is -0.330 e. The van der Waals surface area contributed by atoms with Gasteiger partial charge in [0.15, 0.2) is 0 Å². The number of pyridine rings is 1. The van der Waals surface area contributed by atoms with Crippen LogP contribution in [-0.4, -0.2) is 27.6 Å². The molecule has 0 aliphatic heterocycles. The van der Waals surface area contributed by atoms with E-state index in [2.05, 4.69) is 20.5 Å². The van der Waals surface area contributed by atoms with Gasteiger partial charge in [0, 0.05) is 30.9 Å². The third kappa shape index (κ3) is 3.05. The van der Waals surface area contributed by atoms with Gasteiger partial charge in [0.1, 0.15) is 5.01 Å². The molecular weight excluding hydrogens is 238 g/mol. The summed E-state index contributed by atoms with van der Waals surface area (Å²) in [5.74, 6) is -0.148. The number of aromatic nitrogens is 3. The molecule has 0 unspecified atom stereocenters. The highest BCUT2D eigenvalue weighted by Crippen LogP contribution is 2.25. The number of anilines is 1. The van der Waals surface area contributed by atoms with Gasteiger partial charge in [-0.15, -0.1) is 10.2 Å². The van der Waals surface area contributed by atoms with Crippen LogP contribution in [0.2, 0.25) is 0 Å². The molecule has 2 heterocycles. The summed E-state index contributed by atoms with van der Waals surface area (Å²) in [6.07, 6.45) is 3.65. The average molecular weight is 249 g/mol. The average Bonchev–Trinajstić information content (AvgIpc) is 2.79. The van der Waals surface area contributed by atoms with Crippen molar-refractivity contribution >= 4 is 22.4 Å². The molecule has 2 aromatic heterocycles. The van der Waals surface area contributed by atoms with E-state index in [0.717, 1.165) is 10.6 Å². The van der Waals surface area contributed by atoms with E-state index in [4.69, 9.17) is 5.73 Å². The Morgan fingerprint density at radius 2 is 2.12 bits per heavy atom. The molecule has 1 amide bonds. The first-order chi connectivity index (χ1) is 8.29. The summed E-state index contributed by atoms with van der Waals surface area (Å²) in [5.41, 5.74) is 6.21. The third-order valence-electron chi connectivity index (χ3n) is 1.97. The summed E-state index contributed by atoms with van der Waals surface area (Å²) in [6, 6.07) is 3.68. The Bertz CT molecular complexity index is 498. The van der Waals surface area contributed by atoms with Crippen molar-refractivity contribution in [1.29, 1.82) is 0 Å². The largest absolute Gasteiger partial charge is 0.330 e. The van der Waals surface area contributed by atoms with Crippen LogP contribution < -0.4 is 11.1 Å². The molecule has 0 aliphatic carbocycles. The minimum atomic E-state index is -0.148. The summed E-state index contributed by atoms with van der Waals surface area (Å²) in [6.45, 7) is 0.321. The van der Waals surface area contributed by atoms with Crippen LogP contribution in [0, 0.1) is 0 Å². The van der Waals surface area contributed by atoms with Crippen LogP contribution in [-0.2, 0) is 4.79 Å². The molecule has 7 heteroatoms. The Hall–Kier alpha value is -1.86. The number of rotatable bonds is 4. The number of hydrogen-bond donors (Lipinski definition) is 2. The second-order valence-electron chi connectivity index (χ2n) is 3.24. The van der Waals surface area contributed by atoms with Crippen molar-refractivity contribution < 1.29 is 4.79 Å². The maximum Gasteiger partial charge on any atom is 0.227 e. The molecule has 88 valence electrons. The Balaban J connectivity index is 2.09. The van der Waals surface area contributed by atoms with Gasteiger partial charge in [-0.25, -0.2) is 0 Å². The maximum absolute atomic E-state index is 11.3. The van der Waals surface area contributed by atoms with Crippen LogP contribution in [0.4, 0.5) is 5.13 Å². The molecule has 3 N–H and O–H groups in total. The number of amides is 1. The monoisotopic (exact) mass is 249 g/mol. The zero-order valence-electron chi connectivity index (χ0n) is 8.96. The van der Waals surface area contributed by atoms with E-state index in [1.54, 1.807) is 12.4 Å². The van der Waals surface area contributed by atoms with Gasteiger partial charge in [-0.1, -0.05) is 11.3 Å². The van der Waals surface area contributed by atoms with Gasteiger partial charge in [0.25, 0.3) is 0 Å². The van der Waals surface area contributed by atoms with Crippen LogP contribution in [0.3, 0.4) is 0 Å². The minimum absolute atomic E-state index is 0.148. The molecule has 0 saturated heterocycles. The van der Waals surface area contributed by atoms with Gasteiger partial charge in [-0.2, -0.15) is 0 Å². The summed E-state index contributed by atoms with van der Waals surface area (Å²) in [4.78, 5) is 15.2. The van der Waals surface area contributed by atoms with Crippen molar-refractivity contribution in [3.05, 3.63) is 24.5 Å². The lowest BCUT2D eigenvalue weighted by Gasteiger charge is -1.97. The van der Waals surface area contributed by atoms with Crippen LogP contribution >= 0.6 is 11.3 Å². The SMILES string of the molecule is NCCC(=O)Nc1nnc(-c2ccncc2)s1. The zero-order valence-corrected chi connectivity index (χ0v) is 9.78. The second-order valence-corrected chi connectivity index (χ2v) is 4.21. The van der Waals surface area contributed by atoms with Gasteiger partial charge < -0.3 is 11.1 Å². The van der Waals surface area contributed by atoms with Gasteiger partial charge in [-0.3, -0.25) is 9.78 Å². The van der Waals surface area contributed by atoms with Crippen molar-refractivity contribution in [1.82, 2.24) is 15.2 Å². The van der Waals surface area contributed by atoms with E-state index in [0.29, 0.717) is 11.7 Å². The lowest BCUT2D eigenvalue weighted by molar-refractivity contribution is -0.116. The van der Waals surface area contributed by atoms with E-state index < -0.39 is 0 Å². The molecule has 0 bridgehead atoms. The fourth-order valence-corrected chi connectivity index (χ4v) is 1.96. The van der Waals surface area contributed by atoms with Gasteiger partial charge >= 0.3 is 0 Å². The first kappa shape index (κ1) is 11.6. The molecule has 0 saturated carbocycles. The molecule has 0 atom stereocenters. The normalized spacial score (nSPS) is 10.2.